The zero-order chi connectivity index (χ0) is 14.5. The van der Waals surface area contributed by atoms with Crippen molar-refractivity contribution in [2.24, 2.45) is 5.92 Å². The van der Waals surface area contributed by atoms with E-state index in [1.807, 2.05) is 6.92 Å². The standard InChI is InChI=1S/C15H29N3O2/c1-3-17-8-5-4-6-13(17)10-16-15(20)18-9-7-12(2)14(19)11-18/h12-14,19H,3-11H2,1-2H3,(H,16,20). The summed E-state index contributed by atoms with van der Waals surface area (Å²) < 4.78 is 0. The molecule has 3 unspecified atom stereocenters. The number of likely N-dealkylation sites (N-methyl/N-ethyl adjacent to an activating group) is 1. The van der Waals surface area contributed by atoms with E-state index in [0.29, 0.717) is 18.5 Å². The Morgan fingerprint density at radius 2 is 2.10 bits per heavy atom. The quantitative estimate of drug-likeness (QED) is 0.820. The van der Waals surface area contributed by atoms with Crippen LogP contribution in [0.25, 0.3) is 0 Å². The second-order valence-electron chi connectivity index (χ2n) is 6.24. The Bertz CT molecular complexity index is 324. The number of nitrogens with zero attached hydrogens (tertiary/aromatic N) is 2. The van der Waals surface area contributed by atoms with Crippen molar-refractivity contribution in [2.75, 3.05) is 32.7 Å². The molecule has 3 atom stereocenters. The molecule has 5 nitrogen and oxygen atoms in total. The molecule has 0 spiro atoms. The van der Waals surface area contributed by atoms with Crippen molar-refractivity contribution in [2.45, 2.75) is 51.7 Å². The topological polar surface area (TPSA) is 55.8 Å². The summed E-state index contributed by atoms with van der Waals surface area (Å²) in [6.45, 7) is 8.39. The molecule has 2 fully saturated rings. The maximum absolute atomic E-state index is 12.2. The molecular formula is C15H29N3O2. The van der Waals surface area contributed by atoms with Gasteiger partial charge in [0.25, 0.3) is 0 Å². The van der Waals surface area contributed by atoms with E-state index < -0.39 is 0 Å². The van der Waals surface area contributed by atoms with E-state index in [-0.39, 0.29) is 12.1 Å². The number of rotatable bonds is 3. The lowest BCUT2D eigenvalue weighted by molar-refractivity contribution is 0.0429. The van der Waals surface area contributed by atoms with Gasteiger partial charge in [0.1, 0.15) is 0 Å². The first kappa shape index (κ1) is 15.6. The number of amides is 2. The van der Waals surface area contributed by atoms with Crippen molar-refractivity contribution in [3.05, 3.63) is 0 Å². The lowest BCUT2D eigenvalue weighted by atomic mass is 9.96. The molecule has 0 bridgehead atoms. The molecule has 2 N–H and O–H groups in total. The fraction of sp³-hybridized carbons (Fsp3) is 0.933. The Hall–Kier alpha value is -0.810. The number of aliphatic hydroxyl groups excluding tert-OH is 1. The van der Waals surface area contributed by atoms with Gasteiger partial charge in [-0.3, -0.25) is 4.90 Å². The summed E-state index contributed by atoms with van der Waals surface area (Å²) in [5.41, 5.74) is 0. The fourth-order valence-corrected chi connectivity index (χ4v) is 3.26. The smallest absolute Gasteiger partial charge is 0.317 e. The van der Waals surface area contributed by atoms with E-state index >= 15 is 0 Å². The number of nitrogens with one attached hydrogen (secondary N) is 1. The van der Waals surface area contributed by atoms with Gasteiger partial charge in [-0.25, -0.2) is 4.79 Å². The summed E-state index contributed by atoms with van der Waals surface area (Å²) >= 11 is 0. The number of piperidine rings is 2. The highest BCUT2D eigenvalue weighted by molar-refractivity contribution is 5.74. The molecule has 2 amide bonds. The minimum absolute atomic E-state index is 0.0161. The van der Waals surface area contributed by atoms with Gasteiger partial charge in [0, 0.05) is 25.7 Å². The minimum atomic E-state index is -0.378. The first-order valence-electron chi connectivity index (χ1n) is 8.06. The highest BCUT2D eigenvalue weighted by atomic mass is 16.3. The lowest BCUT2D eigenvalue weighted by Gasteiger charge is -2.37. The van der Waals surface area contributed by atoms with E-state index in [1.165, 1.54) is 19.3 Å². The molecule has 2 aliphatic rings. The summed E-state index contributed by atoms with van der Waals surface area (Å²) in [5, 5.41) is 12.9. The number of likely N-dealkylation sites (tertiary alicyclic amines) is 2. The summed E-state index contributed by atoms with van der Waals surface area (Å²) in [5.74, 6) is 0.299. The van der Waals surface area contributed by atoms with Gasteiger partial charge >= 0.3 is 6.03 Å². The SMILES string of the molecule is CCN1CCCCC1CNC(=O)N1CCC(C)C(O)C1. The van der Waals surface area contributed by atoms with E-state index in [1.54, 1.807) is 4.90 Å². The second-order valence-corrected chi connectivity index (χ2v) is 6.24. The Morgan fingerprint density at radius 1 is 1.30 bits per heavy atom. The maximum Gasteiger partial charge on any atom is 0.317 e. The van der Waals surface area contributed by atoms with Crippen molar-refractivity contribution in [3.8, 4) is 0 Å². The molecule has 2 heterocycles. The largest absolute Gasteiger partial charge is 0.391 e. The first-order chi connectivity index (χ1) is 9.61. The minimum Gasteiger partial charge on any atom is -0.391 e. The highest BCUT2D eigenvalue weighted by Gasteiger charge is 2.28. The monoisotopic (exact) mass is 283 g/mol. The maximum atomic E-state index is 12.2. The number of urea groups is 1. The molecule has 0 aliphatic carbocycles. The number of β-amino-alcohol motifs (C(OH)–C–C–N with tert-alkyl or cyclic N) is 1. The molecule has 2 rings (SSSR count). The van der Waals surface area contributed by atoms with Crippen LogP contribution in [0.1, 0.15) is 39.5 Å². The Kier molecular flexibility index (Phi) is 5.66. The fourth-order valence-electron chi connectivity index (χ4n) is 3.26. The second kappa shape index (κ2) is 7.27. The molecule has 116 valence electrons. The molecule has 0 radical (unpaired) electrons. The van der Waals surface area contributed by atoms with Crippen LogP contribution in [0.4, 0.5) is 4.79 Å². The summed E-state index contributed by atoms with van der Waals surface area (Å²) in [7, 11) is 0. The van der Waals surface area contributed by atoms with E-state index in [2.05, 4.69) is 17.1 Å². The van der Waals surface area contributed by atoms with Gasteiger partial charge in [0.15, 0.2) is 0 Å². The van der Waals surface area contributed by atoms with Gasteiger partial charge in [-0.15, -0.1) is 0 Å². The van der Waals surface area contributed by atoms with Crippen LogP contribution in [-0.4, -0.2) is 65.8 Å². The highest BCUT2D eigenvalue weighted by Crippen LogP contribution is 2.18. The molecule has 2 aliphatic heterocycles. The van der Waals surface area contributed by atoms with Crippen LogP contribution >= 0.6 is 0 Å². The van der Waals surface area contributed by atoms with E-state index in [9.17, 15) is 9.90 Å². The third-order valence-electron chi connectivity index (χ3n) is 4.85. The molecular weight excluding hydrogens is 254 g/mol. The number of carbonyl (C=O) groups is 1. The lowest BCUT2D eigenvalue weighted by Crippen LogP contribution is -2.53. The summed E-state index contributed by atoms with van der Waals surface area (Å²) in [6, 6.07) is 0.462. The zero-order valence-electron chi connectivity index (χ0n) is 12.8. The molecule has 5 heteroatoms. The van der Waals surface area contributed by atoms with Gasteiger partial charge < -0.3 is 15.3 Å². The van der Waals surface area contributed by atoms with Gasteiger partial charge in [-0.2, -0.15) is 0 Å². The van der Waals surface area contributed by atoms with Crippen LogP contribution in [0, 0.1) is 5.92 Å². The van der Waals surface area contributed by atoms with Crippen molar-refractivity contribution < 1.29 is 9.90 Å². The molecule has 2 saturated heterocycles. The average molecular weight is 283 g/mol. The van der Waals surface area contributed by atoms with Crippen LogP contribution in [0.2, 0.25) is 0 Å². The average Bonchev–Trinajstić information content (AvgIpc) is 2.47. The van der Waals surface area contributed by atoms with Crippen molar-refractivity contribution >= 4 is 6.03 Å². The van der Waals surface area contributed by atoms with E-state index in [0.717, 1.165) is 32.6 Å². The predicted molar refractivity (Wildman–Crippen MR) is 79.6 cm³/mol. The van der Waals surface area contributed by atoms with Crippen LogP contribution in [0.5, 0.6) is 0 Å². The number of carbonyl (C=O) groups excluding carboxylic acids is 1. The van der Waals surface area contributed by atoms with Crippen LogP contribution in [0.15, 0.2) is 0 Å². The van der Waals surface area contributed by atoms with Crippen LogP contribution in [0.3, 0.4) is 0 Å². The number of hydrogen-bond donors (Lipinski definition) is 2. The molecule has 0 aromatic rings. The third kappa shape index (κ3) is 3.85. The van der Waals surface area contributed by atoms with Crippen LogP contribution < -0.4 is 5.32 Å². The predicted octanol–water partition coefficient (Wildman–Crippen LogP) is 1.27. The third-order valence-corrected chi connectivity index (χ3v) is 4.85. The molecule has 0 aromatic heterocycles. The van der Waals surface area contributed by atoms with Gasteiger partial charge in [0.05, 0.1) is 6.10 Å². The Labute approximate surface area is 122 Å². The van der Waals surface area contributed by atoms with Crippen LogP contribution in [-0.2, 0) is 0 Å². The van der Waals surface area contributed by atoms with Crippen molar-refractivity contribution in [3.63, 3.8) is 0 Å². The van der Waals surface area contributed by atoms with E-state index in [4.69, 9.17) is 0 Å². The normalized spacial score (nSPS) is 32.1. The summed E-state index contributed by atoms with van der Waals surface area (Å²) in [4.78, 5) is 16.4. The molecule has 0 saturated carbocycles. The molecule has 0 aromatic carbocycles. The number of hydrogen-bond acceptors (Lipinski definition) is 3. The summed E-state index contributed by atoms with van der Waals surface area (Å²) in [6.07, 6.45) is 4.22. The Morgan fingerprint density at radius 3 is 2.80 bits per heavy atom. The number of aliphatic hydroxyl groups is 1. The van der Waals surface area contributed by atoms with Crippen molar-refractivity contribution in [1.82, 2.24) is 15.1 Å². The Balaban J connectivity index is 1.77. The zero-order valence-corrected chi connectivity index (χ0v) is 12.8. The molecule has 20 heavy (non-hydrogen) atoms. The first-order valence-corrected chi connectivity index (χ1v) is 8.06. The van der Waals surface area contributed by atoms with Gasteiger partial charge in [-0.05, 0) is 38.3 Å². The van der Waals surface area contributed by atoms with Gasteiger partial charge in [0.2, 0.25) is 0 Å². The van der Waals surface area contributed by atoms with Crippen molar-refractivity contribution in [1.29, 1.82) is 0 Å². The van der Waals surface area contributed by atoms with Gasteiger partial charge in [-0.1, -0.05) is 20.3 Å².